The number of hydrogen-bond acceptors (Lipinski definition) is 1. The number of fused-ring (bicyclic) bond motifs is 1. The minimum Gasteiger partial charge on any atom is -0.148 e. The van der Waals surface area contributed by atoms with Crippen LogP contribution in [0.4, 0.5) is 0 Å². The van der Waals surface area contributed by atoms with E-state index < -0.39 is 0 Å². The first-order chi connectivity index (χ1) is 3.97. The van der Waals surface area contributed by atoms with Gasteiger partial charge in [-0.25, -0.2) is 0 Å². The fraction of sp³-hybridized carbons (Fsp3) is 0.143. The van der Waals surface area contributed by atoms with Gasteiger partial charge in [-0.05, 0) is 17.0 Å². The Kier molecular flexibility index (Phi) is 0.788. The number of hydrogen-bond donors (Lipinski definition) is 0. The molecule has 1 heteroatoms. The molecule has 0 atom stereocenters. The molecule has 1 aromatic rings. The molecule has 1 heterocycles. The molecule has 0 spiro atoms. The average Bonchev–Trinajstić information content (AvgIpc) is 2.15. The van der Waals surface area contributed by atoms with Crippen molar-refractivity contribution in [1.82, 2.24) is 0 Å². The van der Waals surface area contributed by atoms with Gasteiger partial charge in [0, 0.05) is 11.3 Å². The first-order valence-electron chi connectivity index (χ1n) is 2.70. The van der Waals surface area contributed by atoms with E-state index in [0.29, 0.717) is 0 Å². The van der Waals surface area contributed by atoms with Crippen molar-refractivity contribution in [2.75, 3.05) is 0 Å². The van der Waals surface area contributed by atoms with Gasteiger partial charge in [-0.1, -0.05) is 12.2 Å². The molecule has 1 aromatic heterocycles. The quantitative estimate of drug-likeness (QED) is 0.495. The van der Waals surface area contributed by atoms with Crippen molar-refractivity contribution in [2.24, 2.45) is 0 Å². The van der Waals surface area contributed by atoms with Crippen molar-refractivity contribution < 1.29 is 0 Å². The molecule has 0 saturated heterocycles. The molecule has 0 unspecified atom stereocenters. The number of allylic oxidation sites excluding steroid dienone is 1. The molecular formula is C7H6S. The fourth-order valence-electron chi connectivity index (χ4n) is 0.958. The van der Waals surface area contributed by atoms with Crippen LogP contribution in [0.3, 0.4) is 0 Å². The zero-order valence-corrected chi connectivity index (χ0v) is 5.24. The molecule has 0 aliphatic heterocycles. The van der Waals surface area contributed by atoms with Crippen LogP contribution in [0.25, 0.3) is 6.08 Å². The normalized spacial score (nSPS) is 14.5. The van der Waals surface area contributed by atoms with Crippen LogP contribution < -0.4 is 0 Å². The van der Waals surface area contributed by atoms with E-state index >= 15 is 0 Å². The lowest BCUT2D eigenvalue weighted by atomic mass is 10.3. The third-order valence-electron chi connectivity index (χ3n) is 1.38. The van der Waals surface area contributed by atoms with Crippen LogP contribution in [0, 0.1) is 0 Å². The molecule has 0 aromatic carbocycles. The molecule has 0 bridgehead atoms. The zero-order chi connectivity index (χ0) is 5.40. The molecule has 8 heavy (non-hydrogen) atoms. The molecule has 0 amide bonds. The first-order valence-corrected chi connectivity index (χ1v) is 3.58. The van der Waals surface area contributed by atoms with Gasteiger partial charge in [-0.2, -0.15) is 0 Å². The predicted molar refractivity (Wildman–Crippen MR) is 37.1 cm³/mol. The molecular weight excluding hydrogens is 116 g/mol. The summed E-state index contributed by atoms with van der Waals surface area (Å²) in [6.45, 7) is 0. The number of thiophene rings is 1. The highest BCUT2D eigenvalue weighted by Gasteiger charge is 2.02. The van der Waals surface area contributed by atoms with E-state index in [9.17, 15) is 0 Å². The molecule has 0 fully saturated rings. The maximum Gasteiger partial charge on any atom is 0.0155 e. The molecule has 1 aliphatic rings. The Labute approximate surface area is 52.5 Å². The Morgan fingerprint density at radius 3 is 3.38 bits per heavy atom. The SMILES string of the molecule is C1=Cc2ccsc2C1. The fourth-order valence-corrected chi connectivity index (χ4v) is 1.80. The summed E-state index contributed by atoms with van der Waals surface area (Å²) in [7, 11) is 0. The van der Waals surface area contributed by atoms with Gasteiger partial charge in [0.1, 0.15) is 0 Å². The summed E-state index contributed by atoms with van der Waals surface area (Å²) in [5, 5.41) is 2.15. The third-order valence-corrected chi connectivity index (χ3v) is 2.34. The Bertz CT molecular complexity index is 220. The monoisotopic (exact) mass is 122 g/mol. The van der Waals surface area contributed by atoms with Crippen molar-refractivity contribution in [3.63, 3.8) is 0 Å². The minimum absolute atomic E-state index is 1.16. The lowest BCUT2D eigenvalue weighted by Crippen LogP contribution is -1.64. The second kappa shape index (κ2) is 1.46. The largest absolute Gasteiger partial charge is 0.148 e. The standard InChI is InChI=1S/C7H6S/c1-2-6-4-5-8-7(6)3-1/h1-2,4-5H,3H2. The van der Waals surface area contributed by atoms with Gasteiger partial charge in [0.05, 0.1) is 0 Å². The van der Waals surface area contributed by atoms with E-state index in [-0.39, 0.29) is 0 Å². The van der Waals surface area contributed by atoms with E-state index in [4.69, 9.17) is 0 Å². The molecule has 0 radical (unpaired) electrons. The van der Waals surface area contributed by atoms with Crippen molar-refractivity contribution in [3.05, 3.63) is 28.0 Å². The highest BCUT2D eigenvalue weighted by Crippen LogP contribution is 2.23. The maximum absolute atomic E-state index is 2.21. The zero-order valence-electron chi connectivity index (χ0n) is 4.42. The Morgan fingerprint density at radius 1 is 1.50 bits per heavy atom. The van der Waals surface area contributed by atoms with Crippen molar-refractivity contribution in [2.45, 2.75) is 6.42 Å². The Hall–Kier alpha value is -0.560. The summed E-state index contributed by atoms with van der Waals surface area (Å²) < 4.78 is 0. The van der Waals surface area contributed by atoms with Crippen molar-refractivity contribution in [1.29, 1.82) is 0 Å². The summed E-state index contributed by atoms with van der Waals surface area (Å²) in [6, 6.07) is 2.17. The highest BCUT2D eigenvalue weighted by atomic mass is 32.1. The van der Waals surface area contributed by atoms with Gasteiger partial charge in [-0.15, -0.1) is 11.3 Å². The van der Waals surface area contributed by atoms with Crippen LogP contribution >= 0.6 is 11.3 Å². The van der Waals surface area contributed by atoms with Crippen molar-refractivity contribution in [3.8, 4) is 0 Å². The third kappa shape index (κ3) is 0.450. The van der Waals surface area contributed by atoms with Gasteiger partial charge in [0.15, 0.2) is 0 Å². The first kappa shape index (κ1) is 4.33. The summed E-state index contributed by atoms with van der Waals surface area (Å²) in [5.74, 6) is 0. The number of rotatable bonds is 0. The van der Waals surface area contributed by atoms with E-state index in [1.54, 1.807) is 0 Å². The van der Waals surface area contributed by atoms with Crippen LogP contribution in [0.15, 0.2) is 17.5 Å². The van der Waals surface area contributed by atoms with Crippen LogP contribution in [0.2, 0.25) is 0 Å². The maximum atomic E-state index is 2.21. The van der Waals surface area contributed by atoms with Crippen LogP contribution in [-0.4, -0.2) is 0 Å². The summed E-state index contributed by atoms with van der Waals surface area (Å²) in [4.78, 5) is 1.52. The molecule has 0 saturated carbocycles. The molecule has 0 N–H and O–H groups in total. The lowest BCUT2D eigenvalue weighted by Gasteiger charge is -1.79. The summed E-state index contributed by atoms with van der Waals surface area (Å²) in [5.41, 5.74) is 1.43. The summed E-state index contributed by atoms with van der Waals surface area (Å²) in [6.07, 6.45) is 5.56. The van der Waals surface area contributed by atoms with Crippen LogP contribution in [0.5, 0.6) is 0 Å². The predicted octanol–water partition coefficient (Wildman–Crippen LogP) is 2.32. The molecule has 2 rings (SSSR count). The smallest absolute Gasteiger partial charge is 0.0155 e. The Balaban J connectivity index is 2.67. The second-order valence-corrected chi connectivity index (χ2v) is 2.91. The second-order valence-electron chi connectivity index (χ2n) is 1.91. The van der Waals surface area contributed by atoms with Gasteiger partial charge in [0.2, 0.25) is 0 Å². The van der Waals surface area contributed by atoms with E-state index in [0.717, 1.165) is 6.42 Å². The van der Waals surface area contributed by atoms with Gasteiger partial charge in [0.25, 0.3) is 0 Å². The van der Waals surface area contributed by atoms with Gasteiger partial charge >= 0.3 is 0 Å². The average molecular weight is 122 g/mol. The summed E-state index contributed by atoms with van der Waals surface area (Å²) >= 11 is 1.85. The van der Waals surface area contributed by atoms with Gasteiger partial charge in [-0.3, -0.25) is 0 Å². The molecule has 40 valence electrons. The van der Waals surface area contributed by atoms with E-state index in [1.807, 2.05) is 11.3 Å². The molecule has 1 aliphatic carbocycles. The van der Waals surface area contributed by atoms with Crippen LogP contribution in [-0.2, 0) is 6.42 Å². The Morgan fingerprint density at radius 2 is 2.50 bits per heavy atom. The van der Waals surface area contributed by atoms with Crippen LogP contribution in [0.1, 0.15) is 10.4 Å². The van der Waals surface area contributed by atoms with Gasteiger partial charge < -0.3 is 0 Å². The topological polar surface area (TPSA) is 0 Å². The van der Waals surface area contributed by atoms with Crippen molar-refractivity contribution >= 4 is 17.4 Å². The van der Waals surface area contributed by atoms with E-state index in [1.165, 1.54) is 10.4 Å². The highest BCUT2D eigenvalue weighted by molar-refractivity contribution is 7.10. The van der Waals surface area contributed by atoms with E-state index in [2.05, 4.69) is 23.6 Å². The molecule has 0 nitrogen and oxygen atoms in total. The lowest BCUT2D eigenvalue weighted by molar-refractivity contribution is 1.40. The minimum atomic E-state index is 1.16.